The molecule has 0 amide bonds. The van der Waals surface area contributed by atoms with Gasteiger partial charge in [-0.05, 0) is 29.8 Å². The zero-order valence-electron chi connectivity index (χ0n) is 9.84. The Bertz CT molecular complexity index is 610. The van der Waals surface area contributed by atoms with E-state index in [1.165, 1.54) is 30.3 Å². The largest absolute Gasteiger partial charge is 0.507 e. The van der Waals surface area contributed by atoms with E-state index in [1.54, 1.807) is 12.1 Å². The Morgan fingerprint density at radius 3 is 2.58 bits per heavy atom. The summed E-state index contributed by atoms with van der Waals surface area (Å²) >= 11 is 0. The number of hydrogen-bond acceptors (Lipinski definition) is 3. The second-order valence-electron chi connectivity index (χ2n) is 3.88. The van der Waals surface area contributed by atoms with Crippen LogP contribution in [0, 0.1) is 5.82 Å². The van der Waals surface area contributed by atoms with Crippen LogP contribution in [0.15, 0.2) is 42.5 Å². The molecule has 2 aromatic rings. The molecule has 2 aromatic carbocycles. The molecule has 2 rings (SSSR count). The van der Waals surface area contributed by atoms with Crippen LogP contribution in [-0.2, 0) is 6.61 Å². The van der Waals surface area contributed by atoms with Crippen LogP contribution >= 0.6 is 0 Å². The molecule has 0 aromatic heterocycles. The van der Waals surface area contributed by atoms with Crippen LogP contribution in [0.4, 0.5) is 4.39 Å². The highest BCUT2D eigenvalue weighted by atomic mass is 19.1. The molecule has 0 saturated carbocycles. The number of aromatic hydroxyl groups is 1. The summed E-state index contributed by atoms with van der Waals surface area (Å²) in [6.07, 6.45) is 0. The van der Waals surface area contributed by atoms with Gasteiger partial charge in [0.15, 0.2) is 11.6 Å². The maximum atomic E-state index is 13.3. The molecular weight excluding hydrogens is 251 g/mol. The first-order valence-electron chi connectivity index (χ1n) is 5.50. The van der Waals surface area contributed by atoms with Crippen LogP contribution in [0.5, 0.6) is 11.5 Å². The van der Waals surface area contributed by atoms with E-state index in [0.29, 0.717) is 5.56 Å². The third kappa shape index (κ3) is 3.01. The van der Waals surface area contributed by atoms with E-state index < -0.39 is 11.8 Å². The number of phenols is 1. The van der Waals surface area contributed by atoms with Crippen LogP contribution < -0.4 is 4.74 Å². The van der Waals surface area contributed by atoms with E-state index in [2.05, 4.69) is 0 Å². The Hall–Kier alpha value is -2.56. The highest BCUT2D eigenvalue weighted by Gasteiger charge is 2.10. The molecule has 0 aliphatic carbocycles. The monoisotopic (exact) mass is 262 g/mol. The minimum atomic E-state index is -1.21. The summed E-state index contributed by atoms with van der Waals surface area (Å²) in [5.41, 5.74) is 0.361. The molecule has 0 fully saturated rings. The number of rotatable bonds is 4. The number of carboxylic acid groups (broad SMARTS) is 1. The third-order valence-corrected chi connectivity index (χ3v) is 2.52. The summed E-state index contributed by atoms with van der Waals surface area (Å²) in [7, 11) is 0. The smallest absolute Gasteiger partial charge is 0.339 e. The average molecular weight is 262 g/mol. The molecule has 0 saturated heterocycles. The summed E-state index contributed by atoms with van der Waals surface area (Å²) in [4.78, 5) is 10.7. The lowest BCUT2D eigenvalue weighted by atomic mass is 10.1. The van der Waals surface area contributed by atoms with Crippen molar-refractivity contribution in [3.8, 4) is 11.5 Å². The van der Waals surface area contributed by atoms with Crippen molar-refractivity contribution in [2.45, 2.75) is 6.61 Å². The first kappa shape index (κ1) is 12.9. The van der Waals surface area contributed by atoms with E-state index in [-0.39, 0.29) is 23.7 Å². The van der Waals surface area contributed by atoms with Gasteiger partial charge in [0.25, 0.3) is 0 Å². The number of halogens is 1. The topological polar surface area (TPSA) is 66.8 Å². The van der Waals surface area contributed by atoms with Gasteiger partial charge in [0.1, 0.15) is 17.9 Å². The molecule has 0 unspecified atom stereocenters. The molecule has 4 nitrogen and oxygen atoms in total. The van der Waals surface area contributed by atoms with Crippen molar-refractivity contribution in [2.24, 2.45) is 0 Å². The van der Waals surface area contributed by atoms with E-state index in [9.17, 15) is 14.3 Å². The lowest BCUT2D eigenvalue weighted by molar-refractivity contribution is 0.0693. The average Bonchev–Trinajstić information content (AvgIpc) is 2.37. The highest BCUT2D eigenvalue weighted by Crippen LogP contribution is 2.21. The van der Waals surface area contributed by atoms with Gasteiger partial charge >= 0.3 is 5.97 Å². The number of carbonyl (C=O) groups is 1. The van der Waals surface area contributed by atoms with Gasteiger partial charge in [-0.3, -0.25) is 0 Å². The molecule has 5 heteroatoms. The normalized spacial score (nSPS) is 10.2. The molecule has 0 heterocycles. The molecule has 0 bridgehead atoms. The number of para-hydroxylation sites is 1. The number of hydrogen-bond donors (Lipinski definition) is 2. The van der Waals surface area contributed by atoms with E-state index >= 15 is 0 Å². The van der Waals surface area contributed by atoms with Crippen LogP contribution in [0.25, 0.3) is 0 Å². The van der Waals surface area contributed by atoms with Crippen molar-refractivity contribution in [2.75, 3.05) is 0 Å². The Morgan fingerprint density at radius 1 is 1.21 bits per heavy atom. The van der Waals surface area contributed by atoms with E-state index in [4.69, 9.17) is 9.84 Å². The molecule has 0 spiro atoms. The first-order valence-corrected chi connectivity index (χ1v) is 5.50. The van der Waals surface area contributed by atoms with Gasteiger partial charge in [0, 0.05) is 0 Å². The third-order valence-electron chi connectivity index (χ3n) is 2.52. The van der Waals surface area contributed by atoms with Gasteiger partial charge < -0.3 is 14.9 Å². The predicted molar refractivity (Wildman–Crippen MR) is 65.8 cm³/mol. The van der Waals surface area contributed by atoms with Crippen LogP contribution in [0.1, 0.15) is 15.9 Å². The number of ether oxygens (including phenoxy) is 1. The number of aromatic carboxylic acids is 1. The van der Waals surface area contributed by atoms with Gasteiger partial charge in [-0.25, -0.2) is 9.18 Å². The maximum absolute atomic E-state index is 13.3. The van der Waals surface area contributed by atoms with Crippen LogP contribution in [0.3, 0.4) is 0 Å². The lowest BCUT2D eigenvalue weighted by Crippen LogP contribution is -2.00. The fourth-order valence-electron chi connectivity index (χ4n) is 1.57. The molecule has 0 radical (unpaired) electrons. The Kier molecular flexibility index (Phi) is 3.66. The second kappa shape index (κ2) is 5.39. The Morgan fingerprint density at radius 2 is 1.95 bits per heavy atom. The minimum Gasteiger partial charge on any atom is -0.507 e. The molecular formula is C14H11FO4. The van der Waals surface area contributed by atoms with Crippen LogP contribution in [-0.4, -0.2) is 16.2 Å². The van der Waals surface area contributed by atoms with Gasteiger partial charge in [-0.1, -0.05) is 18.2 Å². The first-order chi connectivity index (χ1) is 9.08. The SMILES string of the molecule is O=C(O)c1ccc(COc2ccccc2F)cc1O. The highest BCUT2D eigenvalue weighted by molar-refractivity contribution is 5.90. The van der Waals surface area contributed by atoms with Gasteiger partial charge in [0.2, 0.25) is 0 Å². The molecule has 98 valence electrons. The van der Waals surface area contributed by atoms with Crippen molar-refractivity contribution < 1.29 is 24.1 Å². The van der Waals surface area contributed by atoms with Crippen molar-refractivity contribution in [3.63, 3.8) is 0 Å². The minimum absolute atomic E-state index is 0.0361. The van der Waals surface area contributed by atoms with Crippen molar-refractivity contribution in [1.29, 1.82) is 0 Å². The molecule has 19 heavy (non-hydrogen) atoms. The summed E-state index contributed by atoms with van der Waals surface area (Å²) < 4.78 is 18.5. The zero-order valence-corrected chi connectivity index (χ0v) is 9.84. The molecule has 0 aliphatic rings. The van der Waals surface area contributed by atoms with Crippen LogP contribution in [0.2, 0.25) is 0 Å². The zero-order chi connectivity index (χ0) is 13.8. The molecule has 0 aliphatic heterocycles. The van der Waals surface area contributed by atoms with Crippen molar-refractivity contribution >= 4 is 5.97 Å². The summed E-state index contributed by atoms with van der Waals surface area (Å²) in [5.74, 6) is -1.93. The summed E-state index contributed by atoms with van der Waals surface area (Å²) in [6.45, 7) is 0.0361. The van der Waals surface area contributed by atoms with Gasteiger partial charge in [-0.2, -0.15) is 0 Å². The van der Waals surface area contributed by atoms with E-state index in [0.717, 1.165) is 0 Å². The fraction of sp³-hybridized carbons (Fsp3) is 0.0714. The fourth-order valence-corrected chi connectivity index (χ4v) is 1.57. The predicted octanol–water partition coefficient (Wildman–Crippen LogP) is 2.81. The van der Waals surface area contributed by atoms with Gasteiger partial charge in [0.05, 0.1) is 0 Å². The molecule has 0 atom stereocenters. The lowest BCUT2D eigenvalue weighted by Gasteiger charge is -2.08. The standard InChI is InChI=1S/C14H11FO4/c15-11-3-1-2-4-13(11)19-8-9-5-6-10(14(17)18)12(16)7-9/h1-7,16H,8H2,(H,17,18). The Labute approximate surface area is 108 Å². The Balaban J connectivity index is 2.11. The summed E-state index contributed by atoms with van der Waals surface area (Å²) in [6, 6.07) is 10.0. The maximum Gasteiger partial charge on any atom is 0.339 e. The van der Waals surface area contributed by atoms with Crippen molar-refractivity contribution in [1.82, 2.24) is 0 Å². The quantitative estimate of drug-likeness (QED) is 0.889. The van der Waals surface area contributed by atoms with Crippen molar-refractivity contribution in [3.05, 3.63) is 59.4 Å². The number of carboxylic acids is 1. The second-order valence-corrected chi connectivity index (χ2v) is 3.88. The molecule has 2 N–H and O–H groups in total. The summed E-state index contributed by atoms with van der Waals surface area (Å²) in [5, 5.41) is 18.3. The number of benzene rings is 2. The van der Waals surface area contributed by atoms with Gasteiger partial charge in [-0.15, -0.1) is 0 Å². The van der Waals surface area contributed by atoms with E-state index in [1.807, 2.05) is 0 Å².